The molecule has 1 N–H and O–H groups in total. The fraction of sp³-hybridized carbons (Fsp3) is 0.0588. The summed E-state index contributed by atoms with van der Waals surface area (Å²) in [5, 5.41) is 5.05. The Morgan fingerprint density at radius 3 is 2.91 bits per heavy atom. The van der Waals surface area contributed by atoms with Gasteiger partial charge in [0.25, 0.3) is 0 Å². The van der Waals surface area contributed by atoms with E-state index in [0.717, 1.165) is 22.3 Å². The number of hydrazone groups is 1. The van der Waals surface area contributed by atoms with Crippen LogP contribution in [0.1, 0.15) is 5.56 Å². The van der Waals surface area contributed by atoms with E-state index in [2.05, 4.69) is 15.5 Å². The lowest BCUT2D eigenvalue weighted by Crippen LogP contribution is -1.93. The van der Waals surface area contributed by atoms with E-state index in [4.69, 9.17) is 4.74 Å². The second-order valence-electron chi connectivity index (χ2n) is 4.67. The van der Waals surface area contributed by atoms with Crippen molar-refractivity contribution >= 4 is 22.8 Å². The largest absolute Gasteiger partial charge is 0.497 e. The van der Waals surface area contributed by atoms with Crippen LogP contribution in [0.3, 0.4) is 0 Å². The molecular formula is C17H14FN3O. The highest BCUT2D eigenvalue weighted by Crippen LogP contribution is 2.25. The topological polar surface area (TPSA) is 46.5 Å². The van der Waals surface area contributed by atoms with Gasteiger partial charge in [0.05, 0.1) is 24.5 Å². The summed E-state index contributed by atoms with van der Waals surface area (Å²) in [6.07, 6.45) is 3.27. The van der Waals surface area contributed by atoms with E-state index in [1.165, 1.54) is 12.1 Å². The fourth-order valence-corrected chi connectivity index (χ4v) is 2.11. The predicted octanol–water partition coefficient (Wildman–Crippen LogP) is 3.83. The first-order chi connectivity index (χ1) is 10.8. The van der Waals surface area contributed by atoms with Gasteiger partial charge in [0, 0.05) is 11.6 Å². The van der Waals surface area contributed by atoms with E-state index in [1.807, 2.05) is 24.3 Å². The molecule has 1 aromatic heterocycles. The highest BCUT2D eigenvalue weighted by atomic mass is 19.1. The Morgan fingerprint density at radius 1 is 1.18 bits per heavy atom. The minimum atomic E-state index is -0.289. The zero-order valence-corrected chi connectivity index (χ0v) is 12.0. The maximum Gasteiger partial charge on any atom is 0.123 e. The summed E-state index contributed by atoms with van der Waals surface area (Å²) in [4.78, 5) is 4.30. The number of anilines is 1. The van der Waals surface area contributed by atoms with Crippen LogP contribution in [-0.4, -0.2) is 18.3 Å². The number of halogens is 1. The van der Waals surface area contributed by atoms with E-state index in [1.54, 1.807) is 31.7 Å². The van der Waals surface area contributed by atoms with Crippen LogP contribution >= 0.6 is 0 Å². The average molecular weight is 295 g/mol. The lowest BCUT2D eigenvalue weighted by molar-refractivity contribution is 0.415. The van der Waals surface area contributed by atoms with Crippen molar-refractivity contribution in [2.75, 3.05) is 12.5 Å². The van der Waals surface area contributed by atoms with Gasteiger partial charge in [-0.2, -0.15) is 5.10 Å². The van der Waals surface area contributed by atoms with Crippen LogP contribution in [0, 0.1) is 5.82 Å². The van der Waals surface area contributed by atoms with Crippen molar-refractivity contribution in [3.05, 3.63) is 66.1 Å². The van der Waals surface area contributed by atoms with Crippen molar-refractivity contribution in [1.29, 1.82) is 0 Å². The summed E-state index contributed by atoms with van der Waals surface area (Å²) in [6, 6.07) is 13.7. The normalized spacial score (nSPS) is 11.0. The molecule has 0 atom stereocenters. The summed E-state index contributed by atoms with van der Waals surface area (Å²) in [6.45, 7) is 0. The van der Waals surface area contributed by atoms with Crippen LogP contribution in [0.25, 0.3) is 10.9 Å². The van der Waals surface area contributed by atoms with Crippen LogP contribution in [0.2, 0.25) is 0 Å². The average Bonchev–Trinajstić information content (AvgIpc) is 2.55. The van der Waals surface area contributed by atoms with Crippen molar-refractivity contribution in [2.45, 2.75) is 0 Å². The maximum atomic E-state index is 13.1. The van der Waals surface area contributed by atoms with Crippen LogP contribution in [0.5, 0.6) is 5.75 Å². The third-order valence-electron chi connectivity index (χ3n) is 3.20. The Bertz CT molecular complexity index is 833. The number of rotatable bonds is 4. The maximum absolute atomic E-state index is 13.1. The van der Waals surface area contributed by atoms with Crippen molar-refractivity contribution in [3.63, 3.8) is 0 Å². The molecule has 0 aliphatic carbocycles. The summed E-state index contributed by atoms with van der Waals surface area (Å²) in [7, 11) is 1.62. The molecule has 0 bridgehead atoms. The molecule has 0 aliphatic rings. The van der Waals surface area contributed by atoms with Crippen LogP contribution in [0.4, 0.5) is 10.1 Å². The highest BCUT2D eigenvalue weighted by Gasteiger charge is 2.02. The Morgan fingerprint density at radius 2 is 2.09 bits per heavy atom. The molecule has 110 valence electrons. The fourth-order valence-electron chi connectivity index (χ4n) is 2.11. The highest BCUT2D eigenvalue weighted by molar-refractivity contribution is 5.92. The molecule has 1 heterocycles. The monoisotopic (exact) mass is 295 g/mol. The summed E-state index contributed by atoms with van der Waals surface area (Å²) in [5.74, 6) is 0.459. The van der Waals surface area contributed by atoms with Gasteiger partial charge in [-0.1, -0.05) is 12.1 Å². The molecule has 0 saturated carbocycles. The number of nitrogens with zero attached hydrogens (tertiary/aromatic N) is 2. The smallest absolute Gasteiger partial charge is 0.123 e. The van der Waals surface area contributed by atoms with Gasteiger partial charge in [0.1, 0.15) is 11.6 Å². The number of nitrogens with one attached hydrogen (secondary N) is 1. The molecule has 0 unspecified atom stereocenters. The molecule has 3 aromatic rings. The van der Waals surface area contributed by atoms with E-state index >= 15 is 0 Å². The molecule has 4 nitrogen and oxygen atoms in total. The van der Waals surface area contributed by atoms with E-state index in [0.29, 0.717) is 5.56 Å². The minimum absolute atomic E-state index is 0.289. The van der Waals surface area contributed by atoms with E-state index in [-0.39, 0.29) is 5.82 Å². The number of hydrogen-bond donors (Lipinski definition) is 1. The van der Waals surface area contributed by atoms with Crippen molar-refractivity contribution in [1.82, 2.24) is 4.98 Å². The van der Waals surface area contributed by atoms with E-state index in [9.17, 15) is 4.39 Å². The van der Waals surface area contributed by atoms with Gasteiger partial charge in [0.2, 0.25) is 0 Å². The molecule has 0 spiro atoms. The summed E-state index contributed by atoms with van der Waals surface area (Å²) in [5.41, 5.74) is 5.28. The Kier molecular flexibility index (Phi) is 3.96. The molecule has 3 rings (SSSR count). The first-order valence-electron chi connectivity index (χ1n) is 6.74. The predicted molar refractivity (Wildman–Crippen MR) is 85.9 cm³/mol. The molecule has 2 aromatic carbocycles. The van der Waals surface area contributed by atoms with Gasteiger partial charge in [-0.25, -0.2) is 4.39 Å². The van der Waals surface area contributed by atoms with Crippen molar-refractivity contribution in [2.24, 2.45) is 5.10 Å². The zero-order chi connectivity index (χ0) is 15.4. The van der Waals surface area contributed by atoms with Crippen LogP contribution < -0.4 is 10.2 Å². The van der Waals surface area contributed by atoms with E-state index < -0.39 is 0 Å². The Hall–Kier alpha value is -2.95. The lowest BCUT2D eigenvalue weighted by atomic mass is 10.2. The number of fused-ring (bicyclic) bond motifs is 1. The van der Waals surface area contributed by atoms with Gasteiger partial charge >= 0.3 is 0 Å². The van der Waals surface area contributed by atoms with Gasteiger partial charge in [-0.15, -0.1) is 0 Å². The SMILES string of the molecule is COc1ccc2nccc(N/N=C/c3cccc(F)c3)c2c1. The molecule has 0 aliphatic heterocycles. The van der Waals surface area contributed by atoms with Crippen LogP contribution in [-0.2, 0) is 0 Å². The quantitative estimate of drug-likeness (QED) is 0.588. The lowest BCUT2D eigenvalue weighted by Gasteiger charge is -2.07. The van der Waals surface area contributed by atoms with Crippen LogP contribution in [0.15, 0.2) is 59.8 Å². The minimum Gasteiger partial charge on any atom is -0.497 e. The third kappa shape index (κ3) is 3.03. The van der Waals surface area contributed by atoms with Gasteiger partial charge in [-0.3, -0.25) is 10.4 Å². The molecule has 0 saturated heterocycles. The summed E-state index contributed by atoms with van der Waals surface area (Å²) >= 11 is 0. The second-order valence-corrected chi connectivity index (χ2v) is 4.67. The number of ether oxygens (including phenoxy) is 1. The molecular weight excluding hydrogens is 281 g/mol. The van der Waals surface area contributed by atoms with Gasteiger partial charge in [-0.05, 0) is 42.0 Å². The first-order valence-corrected chi connectivity index (χ1v) is 6.74. The van der Waals surface area contributed by atoms with Crippen molar-refractivity contribution < 1.29 is 9.13 Å². The Balaban J connectivity index is 1.87. The van der Waals surface area contributed by atoms with Gasteiger partial charge in [0.15, 0.2) is 0 Å². The number of pyridine rings is 1. The molecule has 0 radical (unpaired) electrons. The number of benzene rings is 2. The summed E-state index contributed by atoms with van der Waals surface area (Å²) < 4.78 is 18.3. The molecule has 0 fully saturated rings. The zero-order valence-electron chi connectivity index (χ0n) is 12.0. The number of methoxy groups -OCH3 is 1. The Labute approximate surface area is 127 Å². The molecule has 0 amide bonds. The third-order valence-corrected chi connectivity index (χ3v) is 3.20. The molecule has 22 heavy (non-hydrogen) atoms. The molecule has 5 heteroatoms. The van der Waals surface area contributed by atoms with Gasteiger partial charge < -0.3 is 4.74 Å². The first kappa shape index (κ1) is 14.0. The standard InChI is InChI=1S/C17H14FN3O/c1-22-14-5-6-16-15(10-14)17(7-8-19-16)21-20-11-12-3-2-4-13(18)9-12/h2-11H,1H3,(H,19,21)/b20-11+. The van der Waals surface area contributed by atoms with Crippen molar-refractivity contribution in [3.8, 4) is 5.75 Å². The second kappa shape index (κ2) is 6.22. The number of aromatic nitrogens is 1. The number of hydrogen-bond acceptors (Lipinski definition) is 4.